The maximum absolute atomic E-state index is 10.7. The van der Waals surface area contributed by atoms with Crippen molar-refractivity contribution in [3.63, 3.8) is 0 Å². The first kappa shape index (κ1) is 14.1. The first-order valence-corrected chi connectivity index (χ1v) is 7.49. The Morgan fingerprint density at radius 3 is 2.62 bits per heavy atom. The molecule has 2 aromatic carbocycles. The van der Waals surface area contributed by atoms with Crippen LogP contribution in [0.4, 0.5) is 0 Å². The number of hydrogen-bond acceptors (Lipinski definition) is 3. The number of nitriles is 1. The maximum Gasteiger partial charge on any atom is 0.125 e. The van der Waals surface area contributed by atoms with Crippen molar-refractivity contribution in [3.05, 3.63) is 64.1 Å². The Kier molecular flexibility index (Phi) is 3.71. The van der Waals surface area contributed by atoms with Gasteiger partial charge in [-0.2, -0.15) is 5.26 Å². The Bertz CT molecular complexity index is 693. The molecule has 1 N–H and O–H groups in total. The molecule has 1 heterocycles. The van der Waals surface area contributed by atoms with Crippen LogP contribution < -0.4 is 4.74 Å². The van der Waals surface area contributed by atoms with Crippen LogP contribution in [0.15, 0.2) is 53.0 Å². The molecule has 2 aromatic rings. The van der Waals surface area contributed by atoms with Crippen LogP contribution in [0.2, 0.25) is 0 Å². The van der Waals surface area contributed by atoms with Crippen molar-refractivity contribution < 1.29 is 9.84 Å². The van der Waals surface area contributed by atoms with Crippen LogP contribution in [0.3, 0.4) is 0 Å². The van der Waals surface area contributed by atoms with Gasteiger partial charge in [0.05, 0.1) is 6.07 Å². The smallest absolute Gasteiger partial charge is 0.125 e. The van der Waals surface area contributed by atoms with Gasteiger partial charge in [0.25, 0.3) is 0 Å². The molecule has 0 bridgehead atoms. The molecular formula is C17H14BrNO2. The van der Waals surface area contributed by atoms with Crippen LogP contribution in [0.25, 0.3) is 0 Å². The molecule has 2 unspecified atom stereocenters. The maximum atomic E-state index is 10.7. The molecule has 1 aliphatic heterocycles. The van der Waals surface area contributed by atoms with Crippen molar-refractivity contribution in [2.24, 2.45) is 5.41 Å². The lowest BCUT2D eigenvalue weighted by molar-refractivity contribution is 0.0172. The number of nitrogens with zero attached hydrogens (tertiary/aromatic N) is 1. The lowest BCUT2D eigenvalue weighted by Gasteiger charge is -2.36. The van der Waals surface area contributed by atoms with E-state index in [2.05, 4.69) is 22.0 Å². The predicted molar refractivity (Wildman–Crippen MR) is 82.8 cm³/mol. The Morgan fingerprint density at radius 2 is 1.90 bits per heavy atom. The average molecular weight is 344 g/mol. The number of aliphatic hydroxyl groups is 1. The summed E-state index contributed by atoms with van der Waals surface area (Å²) in [5, 5.41) is 20.3. The van der Waals surface area contributed by atoms with Crippen molar-refractivity contribution >= 4 is 15.9 Å². The highest BCUT2D eigenvalue weighted by Crippen LogP contribution is 2.42. The third-order valence-electron chi connectivity index (χ3n) is 3.90. The average Bonchev–Trinajstić information content (AvgIpc) is 2.54. The molecule has 0 aliphatic carbocycles. The van der Waals surface area contributed by atoms with Crippen LogP contribution >= 0.6 is 15.9 Å². The zero-order valence-electron chi connectivity index (χ0n) is 11.3. The van der Waals surface area contributed by atoms with E-state index in [1.807, 2.05) is 48.5 Å². The molecule has 3 nitrogen and oxygen atoms in total. The van der Waals surface area contributed by atoms with Gasteiger partial charge in [-0.15, -0.1) is 0 Å². The van der Waals surface area contributed by atoms with Gasteiger partial charge in [-0.25, -0.2) is 0 Å². The number of para-hydroxylation sites is 1. The first-order chi connectivity index (χ1) is 10.1. The number of rotatable bonds is 2. The van der Waals surface area contributed by atoms with Crippen molar-refractivity contribution in [1.29, 1.82) is 5.26 Å². The highest BCUT2D eigenvalue weighted by molar-refractivity contribution is 9.10. The van der Waals surface area contributed by atoms with Gasteiger partial charge in [0, 0.05) is 10.9 Å². The van der Waals surface area contributed by atoms with Crippen LogP contribution in [0.1, 0.15) is 17.2 Å². The van der Waals surface area contributed by atoms with Gasteiger partial charge in [-0.1, -0.05) is 46.3 Å². The van der Waals surface area contributed by atoms with Crippen LogP contribution in [-0.4, -0.2) is 11.7 Å². The SMILES string of the molecule is N#CC1(C(O)c2ccc(Br)cc2)COc2ccccc2C1. The van der Waals surface area contributed by atoms with E-state index in [1.165, 1.54) is 0 Å². The molecule has 0 fully saturated rings. The summed E-state index contributed by atoms with van der Waals surface area (Å²) in [5.41, 5.74) is 0.728. The van der Waals surface area contributed by atoms with E-state index in [9.17, 15) is 10.4 Å². The normalized spacial score (nSPS) is 21.8. The molecule has 0 spiro atoms. The minimum Gasteiger partial charge on any atom is -0.492 e. The Morgan fingerprint density at radius 1 is 1.19 bits per heavy atom. The summed E-state index contributed by atoms with van der Waals surface area (Å²) in [6.45, 7) is 0.192. The van der Waals surface area contributed by atoms with Gasteiger partial charge < -0.3 is 9.84 Å². The van der Waals surface area contributed by atoms with Gasteiger partial charge in [0.15, 0.2) is 0 Å². The molecule has 3 rings (SSSR count). The second kappa shape index (κ2) is 5.51. The van der Waals surface area contributed by atoms with E-state index in [-0.39, 0.29) is 6.61 Å². The number of ether oxygens (including phenoxy) is 1. The van der Waals surface area contributed by atoms with Crippen molar-refractivity contribution in [3.8, 4) is 11.8 Å². The van der Waals surface area contributed by atoms with E-state index < -0.39 is 11.5 Å². The summed E-state index contributed by atoms with van der Waals surface area (Å²) < 4.78 is 6.64. The van der Waals surface area contributed by atoms with Crippen molar-refractivity contribution in [1.82, 2.24) is 0 Å². The highest BCUT2D eigenvalue weighted by Gasteiger charge is 2.43. The molecule has 106 valence electrons. The number of halogens is 1. The number of aliphatic hydroxyl groups excluding tert-OH is 1. The Balaban J connectivity index is 1.95. The second-order valence-electron chi connectivity index (χ2n) is 5.30. The van der Waals surface area contributed by atoms with E-state index in [0.29, 0.717) is 6.42 Å². The highest BCUT2D eigenvalue weighted by atomic mass is 79.9. The van der Waals surface area contributed by atoms with E-state index in [0.717, 1.165) is 21.3 Å². The quantitative estimate of drug-likeness (QED) is 0.905. The molecule has 0 saturated heterocycles. The summed E-state index contributed by atoms with van der Waals surface area (Å²) in [7, 11) is 0. The Labute approximate surface area is 131 Å². The third kappa shape index (κ3) is 2.55. The largest absolute Gasteiger partial charge is 0.492 e. The number of fused-ring (bicyclic) bond motifs is 1. The van der Waals surface area contributed by atoms with Gasteiger partial charge in [-0.3, -0.25) is 0 Å². The zero-order chi connectivity index (χ0) is 14.9. The van der Waals surface area contributed by atoms with Gasteiger partial charge in [0.1, 0.15) is 23.9 Å². The van der Waals surface area contributed by atoms with Gasteiger partial charge in [-0.05, 0) is 29.3 Å². The molecule has 0 aromatic heterocycles. The Hall–Kier alpha value is -1.83. The van der Waals surface area contributed by atoms with Gasteiger partial charge >= 0.3 is 0 Å². The molecule has 4 heteroatoms. The summed E-state index contributed by atoms with van der Waals surface area (Å²) in [4.78, 5) is 0. The van der Waals surface area contributed by atoms with Crippen LogP contribution in [0, 0.1) is 16.7 Å². The standard InChI is InChI=1S/C17H14BrNO2/c18-14-7-5-12(6-8-14)16(20)17(10-19)9-13-3-1-2-4-15(13)21-11-17/h1-8,16,20H,9,11H2. The summed E-state index contributed by atoms with van der Waals surface area (Å²) >= 11 is 3.37. The topological polar surface area (TPSA) is 53.2 Å². The van der Waals surface area contributed by atoms with Gasteiger partial charge in [0.2, 0.25) is 0 Å². The summed E-state index contributed by atoms with van der Waals surface area (Å²) in [6, 6.07) is 17.3. The molecular weight excluding hydrogens is 330 g/mol. The van der Waals surface area contributed by atoms with Crippen molar-refractivity contribution in [2.45, 2.75) is 12.5 Å². The second-order valence-corrected chi connectivity index (χ2v) is 6.21. The number of benzene rings is 2. The summed E-state index contributed by atoms with van der Waals surface area (Å²) in [6.07, 6.45) is -0.402. The fourth-order valence-corrected chi connectivity index (χ4v) is 2.93. The fraction of sp³-hybridized carbons (Fsp3) is 0.235. The van der Waals surface area contributed by atoms with Crippen LogP contribution in [-0.2, 0) is 6.42 Å². The zero-order valence-corrected chi connectivity index (χ0v) is 12.9. The van der Waals surface area contributed by atoms with E-state index in [4.69, 9.17) is 4.74 Å². The number of hydrogen-bond donors (Lipinski definition) is 1. The lowest BCUT2D eigenvalue weighted by atomic mass is 9.74. The van der Waals surface area contributed by atoms with E-state index >= 15 is 0 Å². The lowest BCUT2D eigenvalue weighted by Crippen LogP contribution is -2.39. The fourth-order valence-electron chi connectivity index (χ4n) is 2.66. The van der Waals surface area contributed by atoms with Crippen molar-refractivity contribution in [2.75, 3.05) is 6.61 Å². The molecule has 0 saturated carbocycles. The molecule has 1 aliphatic rings. The monoisotopic (exact) mass is 343 g/mol. The summed E-state index contributed by atoms with van der Waals surface area (Å²) in [5.74, 6) is 0.798. The molecule has 21 heavy (non-hydrogen) atoms. The van der Waals surface area contributed by atoms with Crippen LogP contribution in [0.5, 0.6) is 5.75 Å². The first-order valence-electron chi connectivity index (χ1n) is 6.70. The predicted octanol–water partition coefficient (Wildman–Crippen LogP) is 3.63. The van der Waals surface area contributed by atoms with E-state index in [1.54, 1.807) is 0 Å². The molecule has 0 radical (unpaired) electrons. The minimum absolute atomic E-state index is 0.192. The third-order valence-corrected chi connectivity index (χ3v) is 4.42. The minimum atomic E-state index is -0.956. The molecule has 2 atom stereocenters. The molecule has 0 amide bonds.